The minimum absolute atomic E-state index is 0.233. The quantitative estimate of drug-likeness (QED) is 0.335. The van der Waals surface area contributed by atoms with E-state index in [-0.39, 0.29) is 16.1 Å². The van der Waals surface area contributed by atoms with E-state index in [0.29, 0.717) is 27.4 Å². The highest BCUT2D eigenvalue weighted by molar-refractivity contribution is 9.10. The lowest BCUT2D eigenvalue weighted by molar-refractivity contribution is 0.0926. The van der Waals surface area contributed by atoms with Gasteiger partial charge in [-0.05, 0) is 49.4 Å². The van der Waals surface area contributed by atoms with Gasteiger partial charge in [0.15, 0.2) is 5.65 Å². The van der Waals surface area contributed by atoms with Crippen LogP contribution in [0.25, 0.3) is 16.7 Å². The maximum atomic E-state index is 13.3. The number of hydrogen-bond donors (Lipinski definition) is 0. The summed E-state index contributed by atoms with van der Waals surface area (Å²) in [7, 11) is 0. The highest BCUT2D eigenvalue weighted by Crippen LogP contribution is 2.36. The lowest BCUT2D eigenvalue weighted by Gasteiger charge is -2.14. The predicted octanol–water partition coefficient (Wildman–Crippen LogP) is 5.60. The van der Waals surface area contributed by atoms with Crippen molar-refractivity contribution in [3.63, 3.8) is 0 Å². The standard InChI is InChI=1S/C21H11BrCl2N4O2/c1-10-17-18-14(9-25-19(17)28(26-10)12-4-2-11(22)3-5-12)20(29)27(21(18)30)13-6-7-15(23)16(24)8-13/h2-9H,1H3. The highest BCUT2D eigenvalue weighted by Gasteiger charge is 2.40. The predicted molar refractivity (Wildman–Crippen MR) is 119 cm³/mol. The number of carbonyl (C=O) groups excluding carboxylic acids is 2. The van der Waals surface area contributed by atoms with Crippen LogP contribution in [0.4, 0.5) is 5.69 Å². The smallest absolute Gasteiger partial charge is 0.267 e. The third-order valence-electron chi connectivity index (χ3n) is 4.95. The van der Waals surface area contributed by atoms with Crippen LogP contribution in [-0.2, 0) is 0 Å². The second-order valence-corrected chi connectivity index (χ2v) is 8.49. The molecule has 2 amide bonds. The van der Waals surface area contributed by atoms with Crippen molar-refractivity contribution in [1.29, 1.82) is 0 Å². The number of carbonyl (C=O) groups is 2. The molecule has 30 heavy (non-hydrogen) atoms. The van der Waals surface area contributed by atoms with Gasteiger partial charge >= 0.3 is 0 Å². The molecule has 1 aliphatic heterocycles. The summed E-state index contributed by atoms with van der Waals surface area (Å²) in [6.07, 6.45) is 1.42. The van der Waals surface area contributed by atoms with Crippen molar-refractivity contribution < 1.29 is 9.59 Å². The molecule has 5 rings (SSSR count). The van der Waals surface area contributed by atoms with Gasteiger partial charge in [0.1, 0.15) is 0 Å². The van der Waals surface area contributed by atoms with Crippen LogP contribution in [0.5, 0.6) is 0 Å². The number of aromatic nitrogens is 3. The Labute approximate surface area is 189 Å². The number of hydrogen-bond acceptors (Lipinski definition) is 4. The Bertz CT molecular complexity index is 1380. The number of aryl methyl sites for hydroxylation is 1. The molecule has 0 fully saturated rings. The molecule has 4 aromatic rings. The van der Waals surface area contributed by atoms with Crippen LogP contribution in [0, 0.1) is 6.92 Å². The van der Waals surface area contributed by atoms with E-state index in [2.05, 4.69) is 26.0 Å². The molecule has 0 saturated carbocycles. The molecule has 148 valence electrons. The number of amides is 2. The summed E-state index contributed by atoms with van der Waals surface area (Å²) in [5.41, 5.74) is 2.78. The fraction of sp³-hybridized carbons (Fsp3) is 0.0476. The van der Waals surface area contributed by atoms with E-state index in [9.17, 15) is 9.59 Å². The second-order valence-electron chi connectivity index (χ2n) is 6.76. The maximum Gasteiger partial charge on any atom is 0.267 e. The van der Waals surface area contributed by atoms with Crippen LogP contribution >= 0.6 is 39.1 Å². The summed E-state index contributed by atoms with van der Waals surface area (Å²) < 4.78 is 2.60. The van der Waals surface area contributed by atoms with E-state index in [1.165, 1.54) is 12.3 Å². The van der Waals surface area contributed by atoms with Gasteiger partial charge in [-0.15, -0.1) is 0 Å². The largest absolute Gasteiger partial charge is 0.268 e. The van der Waals surface area contributed by atoms with E-state index in [1.54, 1.807) is 23.7 Å². The van der Waals surface area contributed by atoms with Crippen LogP contribution in [0.3, 0.4) is 0 Å². The normalized spacial score (nSPS) is 13.4. The average Bonchev–Trinajstić information content (AvgIpc) is 3.19. The molecule has 0 unspecified atom stereocenters. The SMILES string of the molecule is Cc1nn(-c2ccc(Br)cc2)c2ncc3c(c12)C(=O)N(c1ccc(Cl)c(Cl)c1)C3=O. The third-order valence-corrected chi connectivity index (χ3v) is 6.22. The molecule has 0 aliphatic carbocycles. The van der Waals surface area contributed by atoms with E-state index >= 15 is 0 Å². The first-order valence-corrected chi connectivity index (χ1v) is 10.4. The van der Waals surface area contributed by atoms with Crippen molar-refractivity contribution in [2.45, 2.75) is 6.92 Å². The summed E-state index contributed by atoms with van der Waals surface area (Å²) >= 11 is 15.5. The van der Waals surface area contributed by atoms with E-state index in [4.69, 9.17) is 23.2 Å². The lowest BCUT2D eigenvalue weighted by atomic mass is 10.1. The number of nitrogens with zero attached hydrogens (tertiary/aromatic N) is 4. The molecule has 1 aliphatic rings. The van der Waals surface area contributed by atoms with E-state index in [0.717, 1.165) is 15.1 Å². The zero-order chi connectivity index (χ0) is 21.2. The van der Waals surface area contributed by atoms with Crippen LogP contribution in [0.1, 0.15) is 26.4 Å². The summed E-state index contributed by atoms with van der Waals surface area (Å²) in [6.45, 7) is 1.79. The van der Waals surface area contributed by atoms with Crippen molar-refractivity contribution in [3.05, 3.63) is 80.0 Å². The van der Waals surface area contributed by atoms with Crippen LogP contribution in [0.15, 0.2) is 53.1 Å². The number of rotatable bonds is 2. The Hall–Kier alpha value is -2.74. The zero-order valence-corrected chi connectivity index (χ0v) is 18.5. The van der Waals surface area contributed by atoms with Crippen LogP contribution in [0.2, 0.25) is 10.0 Å². The number of pyridine rings is 1. The van der Waals surface area contributed by atoms with Gasteiger partial charge in [0.05, 0.1) is 43.6 Å². The molecule has 0 atom stereocenters. The van der Waals surface area contributed by atoms with Gasteiger partial charge in [0, 0.05) is 10.7 Å². The van der Waals surface area contributed by atoms with E-state index < -0.39 is 11.8 Å². The van der Waals surface area contributed by atoms with Crippen molar-refractivity contribution in [1.82, 2.24) is 14.8 Å². The molecule has 0 spiro atoms. The van der Waals surface area contributed by atoms with Crippen molar-refractivity contribution in [3.8, 4) is 5.69 Å². The van der Waals surface area contributed by atoms with Crippen molar-refractivity contribution in [2.75, 3.05) is 4.90 Å². The number of halogens is 3. The molecule has 2 aromatic heterocycles. The van der Waals surface area contributed by atoms with Gasteiger partial charge in [0.25, 0.3) is 11.8 Å². The number of anilines is 1. The molecule has 3 heterocycles. The Morgan fingerprint density at radius 3 is 2.33 bits per heavy atom. The van der Waals surface area contributed by atoms with Crippen LogP contribution < -0.4 is 4.90 Å². The summed E-state index contributed by atoms with van der Waals surface area (Å²) in [6, 6.07) is 12.2. The highest BCUT2D eigenvalue weighted by atomic mass is 79.9. The Morgan fingerprint density at radius 2 is 1.63 bits per heavy atom. The van der Waals surface area contributed by atoms with Crippen molar-refractivity contribution >= 4 is 67.7 Å². The number of benzene rings is 2. The number of fused-ring (bicyclic) bond motifs is 3. The Morgan fingerprint density at radius 1 is 0.933 bits per heavy atom. The lowest BCUT2D eigenvalue weighted by Crippen LogP contribution is -2.29. The first-order chi connectivity index (χ1) is 14.4. The fourth-order valence-electron chi connectivity index (χ4n) is 3.58. The molecule has 2 aromatic carbocycles. The molecular formula is C21H11BrCl2N4O2. The van der Waals surface area contributed by atoms with Gasteiger partial charge in [-0.2, -0.15) is 5.10 Å². The maximum absolute atomic E-state index is 13.3. The Balaban J connectivity index is 1.70. The minimum Gasteiger partial charge on any atom is -0.268 e. The van der Waals surface area contributed by atoms with Gasteiger partial charge in [-0.1, -0.05) is 39.1 Å². The molecule has 0 radical (unpaired) electrons. The average molecular weight is 502 g/mol. The first-order valence-electron chi connectivity index (χ1n) is 8.85. The molecule has 9 heteroatoms. The summed E-state index contributed by atoms with van der Waals surface area (Å²) in [5, 5.41) is 5.72. The van der Waals surface area contributed by atoms with Gasteiger partial charge in [0.2, 0.25) is 0 Å². The number of imide groups is 1. The third kappa shape index (κ3) is 2.77. The van der Waals surface area contributed by atoms with Crippen LogP contribution in [-0.4, -0.2) is 26.6 Å². The second kappa shape index (κ2) is 6.91. The monoisotopic (exact) mass is 500 g/mol. The Kier molecular flexibility index (Phi) is 4.43. The van der Waals surface area contributed by atoms with E-state index in [1.807, 2.05) is 24.3 Å². The summed E-state index contributed by atoms with van der Waals surface area (Å²) in [5.74, 6) is -0.905. The fourth-order valence-corrected chi connectivity index (χ4v) is 4.14. The van der Waals surface area contributed by atoms with Gasteiger partial charge < -0.3 is 0 Å². The molecule has 0 N–H and O–H groups in total. The minimum atomic E-state index is -0.460. The molecule has 6 nitrogen and oxygen atoms in total. The topological polar surface area (TPSA) is 68.1 Å². The molecular weight excluding hydrogens is 491 g/mol. The van der Waals surface area contributed by atoms with Gasteiger partial charge in [-0.25, -0.2) is 14.6 Å². The first kappa shape index (κ1) is 19.2. The zero-order valence-electron chi connectivity index (χ0n) is 15.4. The molecule has 0 saturated heterocycles. The van der Waals surface area contributed by atoms with Crippen molar-refractivity contribution in [2.24, 2.45) is 0 Å². The molecule has 0 bridgehead atoms. The summed E-state index contributed by atoms with van der Waals surface area (Å²) in [4.78, 5) is 31.9. The van der Waals surface area contributed by atoms with Gasteiger partial charge in [-0.3, -0.25) is 9.59 Å².